The maximum absolute atomic E-state index is 13.2. The monoisotopic (exact) mass is 439 g/mol. The van der Waals surface area contributed by atoms with Gasteiger partial charge in [-0.15, -0.1) is 0 Å². The first-order valence-electron chi connectivity index (χ1n) is 9.93. The van der Waals surface area contributed by atoms with Crippen molar-refractivity contribution in [2.24, 2.45) is 5.41 Å². The van der Waals surface area contributed by atoms with Crippen LogP contribution in [-0.2, 0) is 25.5 Å². The predicted octanol–water partition coefficient (Wildman–Crippen LogP) is 1.27. The number of carbonyl (C=O) groups is 3. The van der Waals surface area contributed by atoms with Crippen LogP contribution in [0.4, 0.5) is 0 Å². The Morgan fingerprint density at radius 2 is 1.83 bits per heavy atom. The van der Waals surface area contributed by atoms with E-state index in [9.17, 15) is 9.59 Å². The largest absolute Gasteiger partial charge is 0.483 e. The molecule has 0 aliphatic carbocycles. The minimum atomic E-state index is -0.575. The van der Waals surface area contributed by atoms with E-state index in [2.05, 4.69) is 5.32 Å². The number of ether oxygens (including phenoxy) is 1. The molecule has 2 saturated heterocycles. The molecule has 1 aromatic carbocycles. The van der Waals surface area contributed by atoms with Gasteiger partial charge in [-0.3, -0.25) is 14.4 Å². The normalized spacial score (nSPS) is 18.1. The van der Waals surface area contributed by atoms with E-state index in [1.807, 2.05) is 43.3 Å². The Kier molecular flexibility index (Phi) is 9.08. The van der Waals surface area contributed by atoms with Crippen molar-refractivity contribution in [1.82, 2.24) is 15.1 Å². The number of nitrogens with one attached hydrogen (secondary N) is 1. The standard InChI is InChI=1S/C20H28ClN3O3.CH2O2/c1-23(2)12-18(25)24-13-20(14-24,11-15-3-5-16(21)6-4-15)19(26)22-17-7-9-27-10-8-17;2-1-3/h3-6,17H,7-14H2,1-2H3,(H,22,26);1H,(H,2,3). The average Bonchev–Trinajstić information content (AvgIpc) is 2.66. The molecule has 0 unspecified atom stereocenters. The van der Waals surface area contributed by atoms with Gasteiger partial charge in [0.1, 0.15) is 0 Å². The van der Waals surface area contributed by atoms with Crippen LogP contribution in [0.1, 0.15) is 18.4 Å². The van der Waals surface area contributed by atoms with Crippen LogP contribution in [0.15, 0.2) is 24.3 Å². The van der Waals surface area contributed by atoms with Crippen molar-refractivity contribution in [1.29, 1.82) is 0 Å². The summed E-state index contributed by atoms with van der Waals surface area (Å²) in [5, 5.41) is 10.8. The van der Waals surface area contributed by atoms with Gasteiger partial charge in [-0.1, -0.05) is 23.7 Å². The molecule has 0 bridgehead atoms. The third kappa shape index (κ3) is 6.68. The fourth-order valence-electron chi connectivity index (χ4n) is 3.74. The van der Waals surface area contributed by atoms with E-state index in [4.69, 9.17) is 26.2 Å². The summed E-state index contributed by atoms with van der Waals surface area (Å²) in [5.41, 5.74) is 0.481. The fraction of sp³-hybridized carbons (Fsp3) is 0.571. The highest BCUT2D eigenvalue weighted by molar-refractivity contribution is 6.30. The van der Waals surface area contributed by atoms with Gasteiger partial charge in [0.15, 0.2) is 0 Å². The topological polar surface area (TPSA) is 99.2 Å². The highest BCUT2D eigenvalue weighted by atomic mass is 35.5. The Morgan fingerprint density at radius 3 is 2.37 bits per heavy atom. The third-order valence-corrected chi connectivity index (χ3v) is 5.54. The number of hydrogen-bond acceptors (Lipinski definition) is 5. The Bertz CT molecular complexity index is 714. The van der Waals surface area contributed by atoms with Crippen molar-refractivity contribution in [2.75, 3.05) is 46.9 Å². The van der Waals surface area contributed by atoms with Gasteiger partial charge >= 0.3 is 0 Å². The molecule has 2 heterocycles. The molecule has 2 amide bonds. The van der Waals surface area contributed by atoms with Crippen molar-refractivity contribution >= 4 is 29.9 Å². The van der Waals surface area contributed by atoms with Crippen molar-refractivity contribution in [3.63, 3.8) is 0 Å². The van der Waals surface area contributed by atoms with Crippen molar-refractivity contribution in [2.45, 2.75) is 25.3 Å². The van der Waals surface area contributed by atoms with E-state index in [-0.39, 0.29) is 24.3 Å². The van der Waals surface area contributed by atoms with Crippen LogP contribution in [0.2, 0.25) is 5.02 Å². The zero-order valence-corrected chi connectivity index (χ0v) is 18.2. The summed E-state index contributed by atoms with van der Waals surface area (Å²) in [7, 11) is 3.74. The summed E-state index contributed by atoms with van der Waals surface area (Å²) in [6.07, 6.45) is 2.28. The molecule has 30 heavy (non-hydrogen) atoms. The van der Waals surface area contributed by atoms with E-state index in [0.717, 1.165) is 18.4 Å². The molecular weight excluding hydrogens is 410 g/mol. The zero-order valence-electron chi connectivity index (χ0n) is 17.5. The second-order valence-corrected chi connectivity index (χ2v) is 8.47. The molecule has 0 atom stereocenters. The van der Waals surface area contributed by atoms with Crippen LogP contribution in [0.25, 0.3) is 0 Å². The first kappa shape index (κ1) is 24.1. The molecule has 2 aliphatic rings. The van der Waals surface area contributed by atoms with E-state index >= 15 is 0 Å². The number of carbonyl (C=O) groups excluding carboxylic acids is 2. The number of halogens is 1. The van der Waals surface area contributed by atoms with E-state index < -0.39 is 5.41 Å². The SMILES string of the molecule is CN(C)CC(=O)N1CC(Cc2ccc(Cl)cc2)(C(=O)NC2CCOCC2)C1.O=CO. The number of amides is 2. The van der Waals surface area contributed by atoms with Crippen LogP contribution < -0.4 is 5.32 Å². The van der Waals surface area contributed by atoms with E-state index in [0.29, 0.717) is 44.3 Å². The summed E-state index contributed by atoms with van der Waals surface area (Å²) < 4.78 is 5.38. The van der Waals surface area contributed by atoms with Crippen molar-refractivity contribution in [3.8, 4) is 0 Å². The molecule has 0 saturated carbocycles. The molecule has 2 fully saturated rings. The molecule has 0 aromatic heterocycles. The number of hydrogen-bond donors (Lipinski definition) is 2. The summed E-state index contributed by atoms with van der Waals surface area (Å²) in [6, 6.07) is 7.75. The van der Waals surface area contributed by atoms with Crippen LogP contribution in [0, 0.1) is 5.41 Å². The lowest BCUT2D eigenvalue weighted by molar-refractivity contribution is -0.154. The average molecular weight is 440 g/mol. The fourth-order valence-corrected chi connectivity index (χ4v) is 3.87. The first-order valence-corrected chi connectivity index (χ1v) is 10.3. The number of benzene rings is 1. The number of likely N-dealkylation sites (N-methyl/N-ethyl adjacent to an activating group) is 1. The molecule has 0 spiro atoms. The molecule has 2 N–H and O–H groups in total. The smallest absolute Gasteiger partial charge is 0.290 e. The van der Waals surface area contributed by atoms with Crippen LogP contribution in [0.5, 0.6) is 0 Å². The second-order valence-electron chi connectivity index (χ2n) is 8.04. The lowest BCUT2D eigenvalue weighted by Gasteiger charge is -2.49. The van der Waals surface area contributed by atoms with Gasteiger partial charge in [0.05, 0.1) is 12.0 Å². The summed E-state index contributed by atoms with van der Waals surface area (Å²) in [6.45, 7) is 2.39. The maximum Gasteiger partial charge on any atom is 0.290 e. The molecule has 3 rings (SSSR count). The molecule has 166 valence electrons. The lowest BCUT2D eigenvalue weighted by atomic mass is 9.73. The second kappa shape index (κ2) is 11.3. The van der Waals surface area contributed by atoms with Gasteiger partial charge < -0.3 is 25.0 Å². The molecule has 9 heteroatoms. The molecular formula is C21H30ClN3O5. The van der Waals surface area contributed by atoms with Gasteiger partial charge in [-0.05, 0) is 51.1 Å². The number of nitrogens with zero attached hydrogens (tertiary/aromatic N) is 2. The molecule has 1 aromatic rings. The molecule has 8 nitrogen and oxygen atoms in total. The first-order chi connectivity index (χ1) is 14.3. The number of rotatable bonds is 6. The maximum atomic E-state index is 13.2. The quantitative estimate of drug-likeness (QED) is 0.647. The third-order valence-electron chi connectivity index (χ3n) is 5.29. The molecule has 2 aliphatic heterocycles. The highest BCUT2D eigenvalue weighted by Crippen LogP contribution is 2.35. The minimum absolute atomic E-state index is 0.0400. The number of carboxylic acid groups (broad SMARTS) is 1. The summed E-state index contributed by atoms with van der Waals surface area (Å²) >= 11 is 5.99. The van der Waals surface area contributed by atoms with Crippen molar-refractivity contribution in [3.05, 3.63) is 34.9 Å². The van der Waals surface area contributed by atoms with Crippen LogP contribution in [0.3, 0.4) is 0 Å². The predicted molar refractivity (Wildman–Crippen MR) is 113 cm³/mol. The summed E-state index contributed by atoms with van der Waals surface area (Å²) in [4.78, 5) is 37.5. The van der Waals surface area contributed by atoms with Gasteiger partial charge in [0, 0.05) is 37.4 Å². The van der Waals surface area contributed by atoms with Crippen LogP contribution in [-0.4, -0.2) is 86.2 Å². The lowest BCUT2D eigenvalue weighted by Crippen LogP contribution is -2.67. The summed E-state index contributed by atoms with van der Waals surface area (Å²) in [5.74, 6) is 0.101. The van der Waals surface area contributed by atoms with Gasteiger partial charge in [0.25, 0.3) is 6.47 Å². The Morgan fingerprint density at radius 1 is 1.27 bits per heavy atom. The van der Waals surface area contributed by atoms with Gasteiger partial charge in [-0.2, -0.15) is 0 Å². The number of likely N-dealkylation sites (tertiary alicyclic amines) is 1. The van der Waals surface area contributed by atoms with Gasteiger partial charge in [0.2, 0.25) is 11.8 Å². The Labute approximate surface area is 182 Å². The minimum Gasteiger partial charge on any atom is -0.483 e. The zero-order chi connectivity index (χ0) is 22.1. The van der Waals surface area contributed by atoms with E-state index in [1.165, 1.54) is 0 Å². The highest BCUT2D eigenvalue weighted by Gasteiger charge is 2.51. The van der Waals surface area contributed by atoms with E-state index in [1.54, 1.807) is 4.90 Å². The van der Waals surface area contributed by atoms with Gasteiger partial charge in [-0.25, -0.2) is 0 Å². The van der Waals surface area contributed by atoms with Crippen LogP contribution >= 0.6 is 11.6 Å². The Hall–Kier alpha value is -2.16. The van der Waals surface area contributed by atoms with Crippen molar-refractivity contribution < 1.29 is 24.2 Å². The Balaban J connectivity index is 0.00000101. The molecule has 0 radical (unpaired) electrons.